The minimum absolute atomic E-state index is 0.241. The number of carbonyl (C=O) groups is 1. The lowest BCUT2D eigenvalue weighted by Gasteiger charge is -2.22. The van der Waals surface area contributed by atoms with E-state index in [1.807, 2.05) is 0 Å². The van der Waals surface area contributed by atoms with Crippen LogP contribution >= 0.6 is 0 Å². The van der Waals surface area contributed by atoms with Gasteiger partial charge in [0.25, 0.3) is 0 Å². The maximum Gasteiger partial charge on any atom is 0.136 e. The third kappa shape index (κ3) is 2.49. The Kier molecular flexibility index (Phi) is 3.46. The summed E-state index contributed by atoms with van der Waals surface area (Å²) in [6.45, 7) is 1.67. The second-order valence-electron chi connectivity index (χ2n) is 5.60. The molecule has 0 N–H and O–H groups in total. The largest absolute Gasteiger partial charge is 0.381 e. The molecule has 0 aromatic heterocycles. The molecule has 1 heterocycles. The Hall–Kier alpha value is -1.15. The summed E-state index contributed by atoms with van der Waals surface area (Å²) >= 11 is 0. The van der Waals surface area contributed by atoms with Crippen LogP contribution in [0.2, 0.25) is 0 Å². The Labute approximate surface area is 108 Å². The van der Waals surface area contributed by atoms with Crippen LogP contribution in [0.15, 0.2) is 24.3 Å². The lowest BCUT2D eigenvalue weighted by atomic mass is 9.88. The average Bonchev–Trinajstić information content (AvgIpc) is 2.84. The fourth-order valence-corrected chi connectivity index (χ4v) is 3.19. The molecule has 96 valence electrons. The van der Waals surface area contributed by atoms with Gasteiger partial charge in [-0.05, 0) is 42.7 Å². The van der Waals surface area contributed by atoms with Crippen LogP contribution in [0.4, 0.5) is 0 Å². The third-order valence-electron chi connectivity index (χ3n) is 4.34. The summed E-state index contributed by atoms with van der Waals surface area (Å²) in [4.78, 5) is 12.3. The van der Waals surface area contributed by atoms with Crippen molar-refractivity contribution < 1.29 is 9.53 Å². The summed E-state index contributed by atoms with van der Waals surface area (Å²) in [7, 11) is 0. The monoisotopic (exact) mass is 244 g/mol. The van der Waals surface area contributed by atoms with E-state index in [4.69, 9.17) is 4.74 Å². The first kappa shape index (κ1) is 11.9. The molecule has 1 aromatic rings. The van der Waals surface area contributed by atoms with Crippen LogP contribution in [-0.2, 0) is 22.4 Å². The maximum atomic E-state index is 12.3. The highest BCUT2D eigenvalue weighted by Gasteiger charge is 2.28. The van der Waals surface area contributed by atoms with Gasteiger partial charge in [-0.15, -0.1) is 0 Å². The van der Waals surface area contributed by atoms with Gasteiger partial charge in [0, 0.05) is 25.6 Å². The van der Waals surface area contributed by atoms with E-state index < -0.39 is 0 Å². The molecule has 3 rings (SSSR count). The zero-order valence-corrected chi connectivity index (χ0v) is 10.7. The molecule has 0 radical (unpaired) electrons. The quantitative estimate of drug-likeness (QED) is 0.817. The summed E-state index contributed by atoms with van der Waals surface area (Å²) in [5.41, 5.74) is 2.76. The number of rotatable bonds is 3. The van der Waals surface area contributed by atoms with Gasteiger partial charge < -0.3 is 4.74 Å². The fourth-order valence-electron chi connectivity index (χ4n) is 3.19. The molecule has 1 fully saturated rings. The second kappa shape index (κ2) is 5.23. The predicted octanol–water partition coefficient (Wildman–Crippen LogP) is 2.79. The molecule has 1 aliphatic heterocycles. The SMILES string of the molecule is O=C(CC1CCOCC1)C1Cc2ccccc2C1. The first-order chi connectivity index (χ1) is 8.83. The zero-order valence-electron chi connectivity index (χ0n) is 10.7. The van der Waals surface area contributed by atoms with E-state index in [0.717, 1.165) is 45.3 Å². The highest BCUT2D eigenvalue weighted by molar-refractivity contribution is 5.82. The Morgan fingerprint density at radius 2 is 1.72 bits per heavy atom. The van der Waals surface area contributed by atoms with Crippen molar-refractivity contribution in [3.05, 3.63) is 35.4 Å². The van der Waals surface area contributed by atoms with Gasteiger partial charge in [0.05, 0.1) is 0 Å². The Morgan fingerprint density at radius 1 is 1.11 bits per heavy atom. The van der Waals surface area contributed by atoms with Gasteiger partial charge >= 0.3 is 0 Å². The third-order valence-corrected chi connectivity index (χ3v) is 4.34. The lowest BCUT2D eigenvalue weighted by Crippen LogP contribution is -2.23. The average molecular weight is 244 g/mol. The smallest absolute Gasteiger partial charge is 0.136 e. The summed E-state index contributed by atoms with van der Waals surface area (Å²) in [6.07, 6.45) is 4.80. The summed E-state index contributed by atoms with van der Waals surface area (Å²) in [5.74, 6) is 1.28. The van der Waals surface area contributed by atoms with Gasteiger partial charge in [-0.25, -0.2) is 0 Å². The molecule has 0 atom stereocenters. The van der Waals surface area contributed by atoms with E-state index in [1.54, 1.807) is 0 Å². The van der Waals surface area contributed by atoms with Crippen molar-refractivity contribution >= 4 is 5.78 Å². The number of carbonyl (C=O) groups excluding carboxylic acids is 1. The minimum Gasteiger partial charge on any atom is -0.381 e. The molecule has 2 aliphatic rings. The number of ether oxygens (including phenoxy) is 1. The second-order valence-corrected chi connectivity index (χ2v) is 5.60. The molecule has 2 nitrogen and oxygen atoms in total. The van der Waals surface area contributed by atoms with Crippen molar-refractivity contribution in [1.29, 1.82) is 0 Å². The zero-order chi connectivity index (χ0) is 12.4. The highest BCUT2D eigenvalue weighted by Crippen LogP contribution is 2.30. The van der Waals surface area contributed by atoms with Gasteiger partial charge in [0.2, 0.25) is 0 Å². The van der Waals surface area contributed by atoms with E-state index in [-0.39, 0.29) is 5.92 Å². The molecular weight excluding hydrogens is 224 g/mol. The van der Waals surface area contributed by atoms with Crippen LogP contribution in [0.3, 0.4) is 0 Å². The molecule has 0 spiro atoms. The first-order valence-electron chi connectivity index (χ1n) is 7.00. The van der Waals surface area contributed by atoms with Crippen LogP contribution in [0.5, 0.6) is 0 Å². The van der Waals surface area contributed by atoms with Crippen molar-refractivity contribution in [3.8, 4) is 0 Å². The van der Waals surface area contributed by atoms with Gasteiger partial charge in [-0.2, -0.15) is 0 Å². The molecule has 1 aromatic carbocycles. The van der Waals surface area contributed by atoms with Crippen LogP contribution in [-0.4, -0.2) is 19.0 Å². The molecule has 18 heavy (non-hydrogen) atoms. The van der Waals surface area contributed by atoms with E-state index in [9.17, 15) is 4.79 Å². The molecule has 1 aliphatic carbocycles. The number of ketones is 1. The number of Topliss-reactive ketones (excluding diaryl/α,β-unsaturated/α-hetero) is 1. The summed E-state index contributed by atoms with van der Waals surface area (Å²) in [6, 6.07) is 8.47. The molecule has 0 saturated carbocycles. The van der Waals surface area contributed by atoms with E-state index >= 15 is 0 Å². The van der Waals surface area contributed by atoms with Crippen molar-refractivity contribution in [1.82, 2.24) is 0 Å². The minimum atomic E-state index is 0.241. The standard InChI is InChI=1S/C16H20O2/c17-16(9-12-5-7-18-8-6-12)15-10-13-3-1-2-4-14(13)11-15/h1-4,12,15H,5-11H2. The Balaban J connectivity index is 1.58. The number of hydrogen-bond donors (Lipinski definition) is 0. The van der Waals surface area contributed by atoms with E-state index in [1.165, 1.54) is 11.1 Å². The number of hydrogen-bond acceptors (Lipinski definition) is 2. The molecule has 0 unspecified atom stereocenters. The van der Waals surface area contributed by atoms with Crippen LogP contribution in [0, 0.1) is 11.8 Å². The van der Waals surface area contributed by atoms with Gasteiger partial charge in [-0.1, -0.05) is 24.3 Å². The van der Waals surface area contributed by atoms with E-state index in [2.05, 4.69) is 24.3 Å². The predicted molar refractivity (Wildman–Crippen MR) is 70.5 cm³/mol. The van der Waals surface area contributed by atoms with Gasteiger partial charge in [0.1, 0.15) is 5.78 Å². The summed E-state index contributed by atoms with van der Waals surface area (Å²) < 4.78 is 5.35. The molecule has 1 saturated heterocycles. The van der Waals surface area contributed by atoms with Gasteiger partial charge in [0.15, 0.2) is 0 Å². The van der Waals surface area contributed by atoms with Gasteiger partial charge in [-0.3, -0.25) is 4.79 Å². The van der Waals surface area contributed by atoms with Crippen molar-refractivity contribution in [2.45, 2.75) is 32.1 Å². The molecular formula is C16H20O2. The topological polar surface area (TPSA) is 26.3 Å². The molecule has 0 bridgehead atoms. The fraction of sp³-hybridized carbons (Fsp3) is 0.562. The van der Waals surface area contributed by atoms with Crippen LogP contribution in [0.25, 0.3) is 0 Å². The first-order valence-corrected chi connectivity index (χ1v) is 7.00. The maximum absolute atomic E-state index is 12.3. The van der Waals surface area contributed by atoms with Crippen molar-refractivity contribution in [3.63, 3.8) is 0 Å². The molecule has 0 amide bonds. The highest BCUT2D eigenvalue weighted by atomic mass is 16.5. The summed E-state index contributed by atoms with van der Waals surface area (Å²) in [5, 5.41) is 0. The number of fused-ring (bicyclic) bond motifs is 1. The van der Waals surface area contributed by atoms with Crippen LogP contribution < -0.4 is 0 Å². The Bertz CT molecular complexity index is 407. The Morgan fingerprint density at radius 3 is 2.33 bits per heavy atom. The van der Waals surface area contributed by atoms with Crippen molar-refractivity contribution in [2.24, 2.45) is 11.8 Å². The van der Waals surface area contributed by atoms with Crippen LogP contribution in [0.1, 0.15) is 30.4 Å². The molecule has 2 heteroatoms. The van der Waals surface area contributed by atoms with Crippen molar-refractivity contribution in [2.75, 3.05) is 13.2 Å². The number of benzene rings is 1. The normalized spacial score (nSPS) is 20.9. The van der Waals surface area contributed by atoms with E-state index in [0.29, 0.717) is 11.7 Å². The lowest BCUT2D eigenvalue weighted by molar-refractivity contribution is -0.124.